The maximum atomic E-state index is 13.4. The van der Waals surface area contributed by atoms with Crippen LogP contribution in [0.1, 0.15) is 18.4 Å². The second-order valence-electron chi connectivity index (χ2n) is 7.22. The number of amides is 2. The summed E-state index contributed by atoms with van der Waals surface area (Å²) in [6.45, 7) is 1.71. The van der Waals surface area contributed by atoms with E-state index in [2.05, 4.69) is 10.6 Å². The lowest BCUT2D eigenvalue weighted by atomic mass is 10.2. The molecule has 2 N–H and O–H groups in total. The SMILES string of the molecule is Cc1cc2c(cc1S(=O)(=O)N1CCC[C@@H]1C(=O)Nc1cccc(Cl)c1)OCC(=O)N2. The van der Waals surface area contributed by atoms with Crippen molar-refractivity contribution in [3.8, 4) is 5.75 Å². The molecule has 1 fully saturated rings. The number of nitrogens with one attached hydrogen (secondary N) is 2. The van der Waals surface area contributed by atoms with E-state index < -0.39 is 22.0 Å². The number of fused-ring (bicyclic) bond motifs is 1. The molecule has 1 saturated heterocycles. The zero-order chi connectivity index (χ0) is 21.5. The van der Waals surface area contributed by atoms with Crippen LogP contribution in [0.15, 0.2) is 41.3 Å². The second kappa shape index (κ2) is 7.90. The van der Waals surface area contributed by atoms with Gasteiger partial charge in [-0.3, -0.25) is 9.59 Å². The van der Waals surface area contributed by atoms with Crippen molar-refractivity contribution in [2.75, 3.05) is 23.8 Å². The van der Waals surface area contributed by atoms with Crippen molar-refractivity contribution in [2.45, 2.75) is 30.7 Å². The normalized spacial score (nSPS) is 19.0. The third kappa shape index (κ3) is 3.88. The maximum absolute atomic E-state index is 13.4. The highest BCUT2D eigenvalue weighted by molar-refractivity contribution is 7.89. The summed E-state index contributed by atoms with van der Waals surface area (Å²) in [5.41, 5.74) is 1.39. The van der Waals surface area contributed by atoms with Crippen LogP contribution in [0.3, 0.4) is 0 Å². The quantitative estimate of drug-likeness (QED) is 0.746. The van der Waals surface area contributed by atoms with Gasteiger partial charge in [0.25, 0.3) is 5.91 Å². The largest absolute Gasteiger partial charge is 0.482 e. The van der Waals surface area contributed by atoms with Crippen molar-refractivity contribution >= 4 is 44.8 Å². The van der Waals surface area contributed by atoms with E-state index in [9.17, 15) is 18.0 Å². The number of aryl methyl sites for hydroxylation is 1. The molecule has 2 aromatic rings. The summed E-state index contributed by atoms with van der Waals surface area (Å²) in [5.74, 6) is -0.412. The lowest BCUT2D eigenvalue weighted by Crippen LogP contribution is -2.43. The number of anilines is 2. The van der Waals surface area contributed by atoms with Crippen molar-refractivity contribution in [3.63, 3.8) is 0 Å². The monoisotopic (exact) mass is 449 g/mol. The minimum absolute atomic E-state index is 0.0554. The van der Waals surface area contributed by atoms with Crippen LogP contribution < -0.4 is 15.4 Å². The van der Waals surface area contributed by atoms with Crippen molar-refractivity contribution in [2.24, 2.45) is 0 Å². The van der Waals surface area contributed by atoms with Gasteiger partial charge in [-0.05, 0) is 49.6 Å². The van der Waals surface area contributed by atoms with Gasteiger partial charge in [-0.1, -0.05) is 17.7 Å². The number of hydrogen-bond acceptors (Lipinski definition) is 5. The first kappa shape index (κ1) is 20.6. The van der Waals surface area contributed by atoms with Crippen LogP contribution in [-0.4, -0.2) is 43.7 Å². The Morgan fingerprint density at radius 1 is 1.30 bits per heavy atom. The molecule has 0 aliphatic carbocycles. The van der Waals surface area contributed by atoms with E-state index in [0.717, 1.165) is 0 Å². The number of halogens is 1. The summed E-state index contributed by atoms with van der Waals surface area (Å²) in [5, 5.41) is 5.88. The van der Waals surface area contributed by atoms with Crippen LogP contribution in [0.5, 0.6) is 5.75 Å². The van der Waals surface area contributed by atoms with Gasteiger partial charge in [0, 0.05) is 23.3 Å². The van der Waals surface area contributed by atoms with E-state index >= 15 is 0 Å². The fourth-order valence-corrected chi connectivity index (χ4v) is 5.77. The standard InChI is InChI=1S/C20H20ClN3O5S/c1-12-8-15-17(29-11-19(25)23-15)10-18(12)30(27,28)24-7-3-6-16(24)20(26)22-14-5-2-4-13(21)9-14/h2,4-5,8-10,16H,3,6-7,11H2,1H3,(H,22,26)(H,23,25)/t16-/m1/s1. The number of carbonyl (C=O) groups is 2. The van der Waals surface area contributed by atoms with E-state index in [1.807, 2.05) is 0 Å². The predicted molar refractivity (Wildman–Crippen MR) is 112 cm³/mol. The van der Waals surface area contributed by atoms with Crippen LogP contribution in [0.2, 0.25) is 5.02 Å². The molecule has 1 atom stereocenters. The van der Waals surface area contributed by atoms with E-state index in [0.29, 0.717) is 34.8 Å². The highest BCUT2D eigenvalue weighted by Gasteiger charge is 2.40. The number of hydrogen-bond donors (Lipinski definition) is 2. The van der Waals surface area contributed by atoms with Gasteiger partial charge in [0.2, 0.25) is 15.9 Å². The van der Waals surface area contributed by atoms with E-state index in [4.69, 9.17) is 16.3 Å². The Bertz CT molecular complexity index is 1140. The maximum Gasteiger partial charge on any atom is 0.262 e. The van der Waals surface area contributed by atoms with Crippen molar-refractivity contribution in [1.29, 1.82) is 0 Å². The highest BCUT2D eigenvalue weighted by Crippen LogP contribution is 2.36. The Morgan fingerprint density at radius 2 is 2.10 bits per heavy atom. The van der Waals surface area contributed by atoms with Gasteiger partial charge < -0.3 is 15.4 Å². The van der Waals surface area contributed by atoms with Gasteiger partial charge in [-0.25, -0.2) is 8.42 Å². The smallest absolute Gasteiger partial charge is 0.262 e. The molecule has 158 valence electrons. The van der Waals surface area contributed by atoms with E-state index in [1.54, 1.807) is 37.3 Å². The summed E-state index contributed by atoms with van der Waals surface area (Å²) < 4.78 is 33.4. The molecule has 2 amide bonds. The summed E-state index contributed by atoms with van der Waals surface area (Å²) in [6, 6.07) is 8.83. The molecule has 4 rings (SSSR count). The van der Waals surface area contributed by atoms with Crippen LogP contribution in [0.25, 0.3) is 0 Å². The molecule has 0 radical (unpaired) electrons. The first-order chi connectivity index (χ1) is 14.3. The van der Waals surface area contributed by atoms with Gasteiger partial charge in [0.05, 0.1) is 10.6 Å². The number of nitrogens with zero attached hydrogens (tertiary/aromatic N) is 1. The van der Waals surface area contributed by atoms with Gasteiger partial charge in [0.1, 0.15) is 11.8 Å². The summed E-state index contributed by atoms with van der Waals surface area (Å²) >= 11 is 5.96. The highest BCUT2D eigenvalue weighted by atomic mass is 35.5. The molecule has 10 heteroatoms. The summed E-state index contributed by atoms with van der Waals surface area (Å²) in [6.07, 6.45) is 0.992. The lowest BCUT2D eigenvalue weighted by molar-refractivity contribution is -0.119. The minimum Gasteiger partial charge on any atom is -0.482 e. The summed E-state index contributed by atoms with van der Waals surface area (Å²) in [4.78, 5) is 24.4. The molecule has 2 aliphatic heterocycles. The van der Waals surface area contributed by atoms with Crippen LogP contribution in [-0.2, 0) is 19.6 Å². The average Bonchev–Trinajstić information content (AvgIpc) is 3.18. The van der Waals surface area contributed by atoms with Gasteiger partial charge in [0.15, 0.2) is 6.61 Å². The fraction of sp³-hybridized carbons (Fsp3) is 0.300. The van der Waals surface area contributed by atoms with Crippen LogP contribution in [0, 0.1) is 6.92 Å². The topological polar surface area (TPSA) is 105 Å². The fourth-order valence-electron chi connectivity index (χ4n) is 3.70. The zero-order valence-corrected chi connectivity index (χ0v) is 17.7. The Balaban J connectivity index is 1.62. The first-order valence-electron chi connectivity index (χ1n) is 9.41. The Morgan fingerprint density at radius 3 is 2.87 bits per heavy atom. The molecule has 0 saturated carbocycles. The Kier molecular flexibility index (Phi) is 5.44. The van der Waals surface area contributed by atoms with Crippen molar-refractivity contribution in [3.05, 3.63) is 47.0 Å². The third-order valence-corrected chi connectivity index (χ3v) is 7.38. The third-order valence-electron chi connectivity index (χ3n) is 5.10. The molecular weight excluding hydrogens is 430 g/mol. The lowest BCUT2D eigenvalue weighted by Gasteiger charge is -2.26. The van der Waals surface area contributed by atoms with Gasteiger partial charge in [-0.2, -0.15) is 4.31 Å². The number of ether oxygens (including phenoxy) is 1. The molecule has 0 aromatic heterocycles. The Labute approximate surface area is 179 Å². The van der Waals surface area contributed by atoms with E-state index in [-0.39, 0.29) is 29.7 Å². The molecule has 0 spiro atoms. The van der Waals surface area contributed by atoms with Gasteiger partial charge >= 0.3 is 0 Å². The molecular formula is C20H20ClN3O5S. The second-order valence-corrected chi connectivity index (χ2v) is 9.52. The molecule has 0 bridgehead atoms. The van der Waals surface area contributed by atoms with Crippen molar-refractivity contribution in [1.82, 2.24) is 4.31 Å². The molecule has 0 unspecified atom stereocenters. The molecule has 2 aliphatic rings. The number of sulfonamides is 1. The first-order valence-corrected chi connectivity index (χ1v) is 11.2. The molecule has 2 heterocycles. The van der Waals surface area contributed by atoms with Crippen molar-refractivity contribution < 1.29 is 22.7 Å². The number of carbonyl (C=O) groups excluding carboxylic acids is 2. The average molecular weight is 450 g/mol. The Hall–Kier alpha value is -2.62. The zero-order valence-electron chi connectivity index (χ0n) is 16.1. The minimum atomic E-state index is -3.96. The summed E-state index contributed by atoms with van der Waals surface area (Å²) in [7, 11) is -3.96. The number of rotatable bonds is 4. The molecule has 2 aromatic carbocycles. The van der Waals surface area contributed by atoms with Gasteiger partial charge in [-0.15, -0.1) is 0 Å². The van der Waals surface area contributed by atoms with Crippen LogP contribution >= 0.6 is 11.6 Å². The van der Waals surface area contributed by atoms with E-state index in [1.165, 1.54) is 10.4 Å². The van der Waals surface area contributed by atoms with Crippen LogP contribution in [0.4, 0.5) is 11.4 Å². The predicted octanol–water partition coefficient (Wildman–Crippen LogP) is 2.77. The number of benzene rings is 2. The molecule has 8 nitrogen and oxygen atoms in total. The molecule has 30 heavy (non-hydrogen) atoms.